The number of aryl methyl sites for hydroxylation is 1. The van der Waals surface area contributed by atoms with Gasteiger partial charge in [0, 0.05) is 31.0 Å². The molecule has 0 amide bonds. The molecule has 3 atom stereocenters. The lowest BCUT2D eigenvalue weighted by atomic mass is 9.55. The normalized spacial score (nSPS) is 35.0. The Morgan fingerprint density at radius 1 is 1.33 bits per heavy atom. The number of aromatic nitrogens is 2. The van der Waals surface area contributed by atoms with E-state index in [0.717, 1.165) is 24.9 Å². The molecule has 0 bridgehead atoms. The molecular formula is C18H25N3O3. The first-order chi connectivity index (χ1) is 11.4. The van der Waals surface area contributed by atoms with Crippen molar-refractivity contribution >= 4 is 11.5 Å². The van der Waals surface area contributed by atoms with Crippen molar-refractivity contribution in [2.24, 2.45) is 24.3 Å². The summed E-state index contributed by atoms with van der Waals surface area (Å²) in [6.45, 7) is 5.60. The van der Waals surface area contributed by atoms with Gasteiger partial charge >= 0.3 is 0 Å². The van der Waals surface area contributed by atoms with Gasteiger partial charge in [0.2, 0.25) is 0 Å². The molecular weight excluding hydrogens is 306 g/mol. The molecule has 2 fully saturated rings. The van der Waals surface area contributed by atoms with Crippen molar-refractivity contribution in [2.45, 2.75) is 38.9 Å². The molecule has 0 radical (unpaired) electrons. The molecule has 1 aromatic heterocycles. The van der Waals surface area contributed by atoms with E-state index in [1.54, 1.807) is 10.9 Å². The van der Waals surface area contributed by atoms with Gasteiger partial charge in [0.05, 0.1) is 30.8 Å². The molecule has 2 aliphatic carbocycles. The minimum Gasteiger partial charge on any atom is -0.350 e. The zero-order valence-corrected chi connectivity index (χ0v) is 14.5. The zero-order valence-electron chi connectivity index (χ0n) is 14.5. The molecule has 2 heterocycles. The minimum atomic E-state index is -0.480. The first kappa shape index (κ1) is 15.8. The van der Waals surface area contributed by atoms with Crippen molar-refractivity contribution in [3.8, 4) is 0 Å². The average Bonchev–Trinajstić information content (AvgIpc) is 3.19. The number of ether oxygens (including phenoxy) is 2. The highest BCUT2D eigenvalue weighted by Crippen LogP contribution is 2.55. The number of fused-ring (bicyclic) bond motifs is 1. The standard InChI is InChI=1S/C18H25N3O3/c1-12-14-4-5-15(20-13-10-19-21(3)11-13)16(22)17(14,2)6-7-18(12)23-8-9-24-18/h5,10-12,14,20H,4,6-9H2,1-3H3/t12-,14-,17-/m1/s1. The van der Waals surface area contributed by atoms with Crippen LogP contribution in [-0.4, -0.2) is 34.6 Å². The van der Waals surface area contributed by atoms with Crippen molar-refractivity contribution in [3.63, 3.8) is 0 Å². The van der Waals surface area contributed by atoms with Crippen LogP contribution in [-0.2, 0) is 21.3 Å². The fourth-order valence-corrected chi connectivity index (χ4v) is 4.72. The SMILES string of the molecule is C[C@@H]1[C@H]2CC=C(Nc3cnn(C)c3)C(=O)[C@]2(C)CCC12OCCO2. The number of anilines is 1. The number of hydrogen-bond acceptors (Lipinski definition) is 5. The van der Waals surface area contributed by atoms with Crippen LogP contribution in [0.1, 0.15) is 33.1 Å². The number of nitrogens with one attached hydrogen (secondary N) is 1. The Morgan fingerprint density at radius 3 is 2.75 bits per heavy atom. The molecule has 24 heavy (non-hydrogen) atoms. The Kier molecular flexibility index (Phi) is 3.58. The Hall–Kier alpha value is -1.66. The fourth-order valence-electron chi connectivity index (χ4n) is 4.72. The van der Waals surface area contributed by atoms with Gasteiger partial charge in [0.15, 0.2) is 11.6 Å². The van der Waals surface area contributed by atoms with Gasteiger partial charge < -0.3 is 14.8 Å². The highest BCUT2D eigenvalue weighted by atomic mass is 16.7. The van der Waals surface area contributed by atoms with E-state index in [4.69, 9.17) is 9.47 Å². The van der Waals surface area contributed by atoms with Gasteiger partial charge in [-0.2, -0.15) is 5.10 Å². The third kappa shape index (κ3) is 2.24. The van der Waals surface area contributed by atoms with E-state index >= 15 is 0 Å². The summed E-state index contributed by atoms with van der Waals surface area (Å²) < 4.78 is 13.7. The number of rotatable bonds is 2. The van der Waals surface area contributed by atoms with Crippen LogP contribution in [0, 0.1) is 17.3 Å². The Balaban J connectivity index is 1.60. The summed E-state index contributed by atoms with van der Waals surface area (Å²) in [5.74, 6) is 0.171. The predicted molar refractivity (Wildman–Crippen MR) is 89.2 cm³/mol. The van der Waals surface area contributed by atoms with Gasteiger partial charge in [-0.25, -0.2) is 0 Å². The van der Waals surface area contributed by atoms with Crippen molar-refractivity contribution in [3.05, 3.63) is 24.2 Å². The van der Waals surface area contributed by atoms with Gasteiger partial charge in [-0.3, -0.25) is 9.48 Å². The second-order valence-corrected chi connectivity index (χ2v) is 7.53. The van der Waals surface area contributed by atoms with Gasteiger partial charge in [-0.05, 0) is 18.8 Å². The number of Topliss-reactive ketones (excluding diaryl/α,β-unsaturated/α-hetero) is 1. The molecule has 1 aliphatic heterocycles. The maximum absolute atomic E-state index is 13.2. The molecule has 6 nitrogen and oxygen atoms in total. The van der Waals surface area contributed by atoms with Crippen molar-refractivity contribution in [1.29, 1.82) is 0 Å². The lowest BCUT2D eigenvalue weighted by Gasteiger charge is -2.52. The molecule has 0 aromatic carbocycles. The molecule has 1 saturated carbocycles. The van der Waals surface area contributed by atoms with Crippen molar-refractivity contribution in [1.82, 2.24) is 9.78 Å². The Bertz CT molecular complexity index is 689. The molecule has 4 rings (SSSR count). The number of ketones is 1. The number of carbonyl (C=O) groups is 1. The van der Waals surface area contributed by atoms with Gasteiger partial charge in [-0.1, -0.05) is 19.9 Å². The highest BCUT2D eigenvalue weighted by Gasteiger charge is 2.58. The van der Waals surface area contributed by atoms with Crippen LogP contribution >= 0.6 is 0 Å². The van der Waals surface area contributed by atoms with Gasteiger partial charge in [-0.15, -0.1) is 0 Å². The van der Waals surface area contributed by atoms with Gasteiger partial charge in [0.1, 0.15) is 0 Å². The van der Waals surface area contributed by atoms with Crippen LogP contribution < -0.4 is 5.32 Å². The summed E-state index contributed by atoms with van der Waals surface area (Å²) in [5, 5.41) is 7.40. The minimum absolute atomic E-state index is 0.197. The molecule has 6 heteroatoms. The topological polar surface area (TPSA) is 65.4 Å². The molecule has 1 aromatic rings. The largest absolute Gasteiger partial charge is 0.350 e. The van der Waals surface area contributed by atoms with Crippen molar-refractivity contribution in [2.75, 3.05) is 18.5 Å². The Labute approximate surface area is 142 Å². The number of nitrogens with zero attached hydrogens (tertiary/aromatic N) is 2. The third-order valence-corrected chi connectivity index (χ3v) is 6.21. The van der Waals surface area contributed by atoms with E-state index in [2.05, 4.69) is 24.3 Å². The average molecular weight is 331 g/mol. The summed E-state index contributed by atoms with van der Waals surface area (Å²) >= 11 is 0. The Morgan fingerprint density at radius 2 is 2.08 bits per heavy atom. The summed E-state index contributed by atoms with van der Waals surface area (Å²) in [6.07, 6.45) is 8.09. The molecule has 1 saturated heterocycles. The van der Waals surface area contributed by atoms with E-state index in [0.29, 0.717) is 18.9 Å². The summed E-state index contributed by atoms with van der Waals surface area (Å²) in [7, 11) is 1.86. The summed E-state index contributed by atoms with van der Waals surface area (Å²) in [6, 6.07) is 0. The van der Waals surface area contributed by atoms with E-state index in [-0.39, 0.29) is 23.0 Å². The van der Waals surface area contributed by atoms with E-state index in [9.17, 15) is 4.79 Å². The molecule has 1 spiro atoms. The molecule has 3 aliphatic rings. The molecule has 1 N–H and O–H groups in total. The van der Waals surface area contributed by atoms with E-state index in [1.165, 1.54) is 0 Å². The quantitative estimate of drug-likeness (QED) is 0.902. The fraction of sp³-hybridized carbons (Fsp3) is 0.667. The van der Waals surface area contributed by atoms with Crippen LogP contribution in [0.5, 0.6) is 0 Å². The molecule has 130 valence electrons. The highest BCUT2D eigenvalue weighted by molar-refractivity contribution is 6.03. The lowest BCUT2D eigenvalue weighted by Crippen LogP contribution is -2.56. The number of allylic oxidation sites excluding steroid dienone is 2. The van der Waals surface area contributed by atoms with Gasteiger partial charge in [0.25, 0.3) is 0 Å². The van der Waals surface area contributed by atoms with Crippen LogP contribution in [0.2, 0.25) is 0 Å². The van der Waals surface area contributed by atoms with E-state index < -0.39 is 5.79 Å². The second-order valence-electron chi connectivity index (χ2n) is 7.53. The van der Waals surface area contributed by atoms with Crippen LogP contribution in [0.25, 0.3) is 0 Å². The van der Waals surface area contributed by atoms with E-state index in [1.807, 2.05) is 19.3 Å². The second kappa shape index (κ2) is 5.43. The van der Waals surface area contributed by atoms with Crippen LogP contribution in [0.15, 0.2) is 24.2 Å². The van der Waals surface area contributed by atoms with Crippen LogP contribution in [0.4, 0.5) is 5.69 Å². The number of hydrogen-bond donors (Lipinski definition) is 1. The van der Waals surface area contributed by atoms with Crippen molar-refractivity contribution < 1.29 is 14.3 Å². The summed E-state index contributed by atoms with van der Waals surface area (Å²) in [5.41, 5.74) is 1.18. The van der Waals surface area contributed by atoms with Crippen LogP contribution in [0.3, 0.4) is 0 Å². The molecule has 0 unspecified atom stereocenters. The predicted octanol–water partition coefficient (Wildman–Crippen LogP) is 2.48. The smallest absolute Gasteiger partial charge is 0.184 e. The first-order valence-electron chi connectivity index (χ1n) is 8.73. The maximum Gasteiger partial charge on any atom is 0.184 e. The maximum atomic E-state index is 13.2. The zero-order chi connectivity index (χ0) is 16.9. The number of carbonyl (C=O) groups excluding carboxylic acids is 1. The first-order valence-corrected chi connectivity index (χ1v) is 8.73. The monoisotopic (exact) mass is 331 g/mol. The lowest BCUT2D eigenvalue weighted by molar-refractivity contribution is -0.239. The third-order valence-electron chi connectivity index (χ3n) is 6.21. The summed E-state index contributed by atoms with van der Waals surface area (Å²) in [4.78, 5) is 13.2.